The van der Waals surface area contributed by atoms with E-state index < -0.39 is 0 Å². The number of piperidine rings is 1. The highest BCUT2D eigenvalue weighted by Crippen LogP contribution is 2.43. The number of fused-ring (bicyclic) bond motifs is 1. The third kappa shape index (κ3) is 2.57. The number of hydrogen-bond acceptors (Lipinski definition) is 4. The fraction of sp³-hybridized carbons (Fsp3) is 0.625. The summed E-state index contributed by atoms with van der Waals surface area (Å²) in [6, 6.07) is 6.15. The molecule has 1 aliphatic carbocycles. The van der Waals surface area contributed by atoms with E-state index in [1.807, 2.05) is 19.1 Å². The van der Waals surface area contributed by atoms with E-state index in [4.69, 9.17) is 0 Å². The minimum atomic E-state index is -0.230. The van der Waals surface area contributed by atoms with Gasteiger partial charge in [0.15, 0.2) is 0 Å². The molecule has 0 aromatic heterocycles. The van der Waals surface area contributed by atoms with Gasteiger partial charge in [-0.3, -0.25) is 10.1 Å². The predicted molar refractivity (Wildman–Crippen MR) is 85.0 cm³/mol. The van der Waals surface area contributed by atoms with Crippen LogP contribution in [0.4, 0.5) is 17.1 Å². The molecule has 2 aliphatic rings. The molecular formula is C16H23N3O2. The second kappa shape index (κ2) is 5.92. The van der Waals surface area contributed by atoms with Crippen molar-refractivity contribution in [1.29, 1.82) is 0 Å². The smallest absolute Gasteiger partial charge is 0.315 e. The molecule has 1 N–H and O–H groups in total. The zero-order valence-electron chi connectivity index (χ0n) is 12.5. The van der Waals surface area contributed by atoms with Crippen molar-refractivity contribution in [2.24, 2.45) is 5.92 Å². The fourth-order valence-corrected chi connectivity index (χ4v) is 4.04. The molecule has 1 heterocycles. The standard InChI is InChI=1S/C16H23N3O2/c1-2-17-13-8-4-10-15(16(13)19(20)21)18-11-5-7-12-6-3-9-14(12)18/h4,8,10,12,14,17H,2-3,5-7,9,11H2,1H3. The van der Waals surface area contributed by atoms with Crippen molar-refractivity contribution >= 4 is 17.1 Å². The number of benzene rings is 1. The van der Waals surface area contributed by atoms with Crippen molar-refractivity contribution in [2.45, 2.75) is 45.1 Å². The number of para-hydroxylation sites is 1. The number of hydrogen-bond donors (Lipinski definition) is 1. The first-order valence-electron chi connectivity index (χ1n) is 8.00. The normalized spacial score (nSPS) is 24.7. The summed E-state index contributed by atoms with van der Waals surface area (Å²) in [6.45, 7) is 3.60. The first kappa shape index (κ1) is 14.2. The first-order valence-corrected chi connectivity index (χ1v) is 8.00. The van der Waals surface area contributed by atoms with Crippen LogP contribution in [0.2, 0.25) is 0 Å². The molecule has 114 valence electrons. The second-order valence-electron chi connectivity index (χ2n) is 6.05. The Kier molecular flexibility index (Phi) is 3.99. The van der Waals surface area contributed by atoms with E-state index in [2.05, 4.69) is 10.2 Å². The molecule has 2 unspecified atom stereocenters. The number of anilines is 2. The average Bonchev–Trinajstić information content (AvgIpc) is 2.95. The lowest BCUT2D eigenvalue weighted by atomic mass is 9.91. The predicted octanol–water partition coefficient (Wildman–Crippen LogP) is 3.80. The van der Waals surface area contributed by atoms with Gasteiger partial charge in [-0.15, -0.1) is 0 Å². The van der Waals surface area contributed by atoms with Crippen LogP contribution in [0.3, 0.4) is 0 Å². The van der Waals surface area contributed by atoms with Crippen LogP contribution in [-0.2, 0) is 0 Å². The van der Waals surface area contributed by atoms with Gasteiger partial charge in [-0.1, -0.05) is 12.5 Å². The van der Waals surface area contributed by atoms with Crippen LogP contribution in [0.1, 0.15) is 39.0 Å². The number of nitro groups is 1. The molecule has 1 aliphatic heterocycles. The molecule has 5 heteroatoms. The monoisotopic (exact) mass is 289 g/mol. The van der Waals surface area contributed by atoms with E-state index >= 15 is 0 Å². The molecule has 2 atom stereocenters. The molecule has 21 heavy (non-hydrogen) atoms. The summed E-state index contributed by atoms with van der Waals surface area (Å²) >= 11 is 0. The molecule has 1 aromatic carbocycles. The summed E-state index contributed by atoms with van der Waals surface area (Å²) in [7, 11) is 0. The summed E-state index contributed by atoms with van der Waals surface area (Å²) in [6.07, 6.45) is 6.13. The highest BCUT2D eigenvalue weighted by molar-refractivity contribution is 5.77. The summed E-state index contributed by atoms with van der Waals surface area (Å²) in [5, 5.41) is 14.7. The summed E-state index contributed by atoms with van der Waals surface area (Å²) in [4.78, 5) is 13.7. The maximum Gasteiger partial charge on any atom is 0.315 e. The van der Waals surface area contributed by atoms with E-state index in [0.717, 1.165) is 24.6 Å². The lowest BCUT2D eigenvalue weighted by molar-refractivity contribution is -0.383. The van der Waals surface area contributed by atoms with E-state index in [1.165, 1.54) is 25.7 Å². The van der Waals surface area contributed by atoms with Crippen molar-refractivity contribution in [1.82, 2.24) is 0 Å². The molecule has 0 radical (unpaired) electrons. The Bertz CT molecular complexity index is 532. The molecule has 0 amide bonds. The summed E-state index contributed by atoms with van der Waals surface area (Å²) in [5.41, 5.74) is 1.68. The Morgan fingerprint density at radius 3 is 2.90 bits per heavy atom. The lowest BCUT2D eigenvalue weighted by Gasteiger charge is -2.39. The molecule has 0 spiro atoms. The van der Waals surface area contributed by atoms with Crippen LogP contribution in [0.5, 0.6) is 0 Å². The molecule has 5 nitrogen and oxygen atoms in total. The van der Waals surface area contributed by atoms with Crippen molar-refractivity contribution in [3.05, 3.63) is 28.3 Å². The lowest BCUT2D eigenvalue weighted by Crippen LogP contribution is -2.42. The number of nitro benzene ring substituents is 1. The van der Waals surface area contributed by atoms with Gasteiger partial charge in [0.1, 0.15) is 11.4 Å². The van der Waals surface area contributed by atoms with Crippen molar-refractivity contribution in [3.63, 3.8) is 0 Å². The Morgan fingerprint density at radius 1 is 1.33 bits per heavy atom. The minimum absolute atomic E-state index is 0.230. The molecule has 2 fully saturated rings. The van der Waals surface area contributed by atoms with Gasteiger partial charge in [0.2, 0.25) is 0 Å². The van der Waals surface area contributed by atoms with E-state index in [1.54, 1.807) is 6.07 Å². The molecule has 1 saturated carbocycles. The maximum absolute atomic E-state index is 11.6. The zero-order valence-corrected chi connectivity index (χ0v) is 12.5. The first-order chi connectivity index (χ1) is 10.2. The minimum Gasteiger partial charge on any atom is -0.380 e. The van der Waals surface area contributed by atoms with Crippen LogP contribution in [0.15, 0.2) is 18.2 Å². The van der Waals surface area contributed by atoms with Crippen LogP contribution >= 0.6 is 0 Å². The quantitative estimate of drug-likeness (QED) is 0.676. The molecular weight excluding hydrogens is 266 g/mol. The van der Waals surface area contributed by atoms with Crippen molar-refractivity contribution < 1.29 is 4.92 Å². The Labute approximate surface area is 125 Å². The van der Waals surface area contributed by atoms with Crippen LogP contribution in [0.25, 0.3) is 0 Å². The topological polar surface area (TPSA) is 58.4 Å². The molecule has 0 bridgehead atoms. The Hall–Kier alpha value is -1.78. The van der Waals surface area contributed by atoms with Gasteiger partial charge in [-0.05, 0) is 50.7 Å². The molecule has 1 saturated heterocycles. The van der Waals surface area contributed by atoms with Crippen molar-refractivity contribution in [2.75, 3.05) is 23.3 Å². The van der Waals surface area contributed by atoms with E-state index in [-0.39, 0.29) is 10.6 Å². The van der Waals surface area contributed by atoms with Gasteiger partial charge in [-0.2, -0.15) is 0 Å². The van der Waals surface area contributed by atoms with Crippen LogP contribution in [0, 0.1) is 16.0 Å². The second-order valence-corrected chi connectivity index (χ2v) is 6.05. The third-order valence-corrected chi connectivity index (χ3v) is 4.87. The van der Waals surface area contributed by atoms with Gasteiger partial charge >= 0.3 is 5.69 Å². The summed E-state index contributed by atoms with van der Waals surface area (Å²) < 4.78 is 0. The van der Waals surface area contributed by atoms with E-state index in [9.17, 15) is 10.1 Å². The van der Waals surface area contributed by atoms with Gasteiger partial charge in [0.05, 0.1) is 4.92 Å². The highest BCUT2D eigenvalue weighted by Gasteiger charge is 2.37. The fourth-order valence-electron chi connectivity index (χ4n) is 4.04. The third-order valence-electron chi connectivity index (χ3n) is 4.87. The van der Waals surface area contributed by atoms with Gasteiger partial charge < -0.3 is 10.2 Å². The average molecular weight is 289 g/mol. The summed E-state index contributed by atoms with van der Waals surface area (Å²) in [5.74, 6) is 0.723. The van der Waals surface area contributed by atoms with Crippen LogP contribution < -0.4 is 10.2 Å². The van der Waals surface area contributed by atoms with Crippen LogP contribution in [-0.4, -0.2) is 24.1 Å². The number of nitrogens with one attached hydrogen (secondary N) is 1. The van der Waals surface area contributed by atoms with Gasteiger partial charge in [-0.25, -0.2) is 0 Å². The highest BCUT2D eigenvalue weighted by atomic mass is 16.6. The SMILES string of the molecule is CCNc1cccc(N2CCCC3CCCC32)c1[N+](=O)[O-]. The van der Waals surface area contributed by atoms with Crippen molar-refractivity contribution in [3.8, 4) is 0 Å². The largest absolute Gasteiger partial charge is 0.380 e. The number of nitrogens with zero attached hydrogens (tertiary/aromatic N) is 2. The maximum atomic E-state index is 11.6. The molecule has 3 rings (SSSR count). The van der Waals surface area contributed by atoms with Gasteiger partial charge in [0.25, 0.3) is 0 Å². The van der Waals surface area contributed by atoms with Gasteiger partial charge in [0, 0.05) is 19.1 Å². The molecule has 1 aromatic rings. The Morgan fingerprint density at radius 2 is 2.14 bits per heavy atom. The zero-order chi connectivity index (χ0) is 14.8. The van der Waals surface area contributed by atoms with E-state index in [0.29, 0.717) is 18.3 Å². The number of rotatable bonds is 4. The Balaban J connectivity index is 2.00.